The lowest BCUT2D eigenvalue weighted by molar-refractivity contribution is 0.182. The molecule has 0 bridgehead atoms. The van der Waals surface area contributed by atoms with Gasteiger partial charge in [0.15, 0.2) is 0 Å². The monoisotopic (exact) mass is 237 g/mol. The highest BCUT2D eigenvalue weighted by atomic mass is 16.5. The molecule has 1 atom stereocenters. The van der Waals surface area contributed by atoms with E-state index in [0.29, 0.717) is 6.04 Å². The average molecular weight is 237 g/mol. The van der Waals surface area contributed by atoms with Crippen LogP contribution >= 0.6 is 0 Å². The molecule has 1 N–H and O–H groups in total. The molecule has 0 aliphatic carbocycles. The zero-order valence-electron chi connectivity index (χ0n) is 11.2. The molecule has 0 radical (unpaired) electrons. The van der Waals surface area contributed by atoms with Crippen LogP contribution in [0.4, 0.5) is 5.69 Å². The molecule has 1 unspecified atom stereocenters. The molecule has 0 saturated heterocycles. The topological polar surface area (TPSA) is 37.4 Å². The van der Waals surface area contributed by atoms with Crippen molar-refractivity contribution >= 4 is 5.69 Å². The van der Waals surface area contributed by atoms with Gasteiger partial charge in [-0.1, -0.05) is 0 Å². The fourth-order valence-electron chi connectivity index (χ4n) is 2.08. The summed E-state index contributed by atoms with van der Waals surface area (Å²) in [6.45, 7) is 6.87. The highest BCUT2D eigenvalue weighted by Crippen LogP contribution is 2.21. The third-order valence-electron chi connectivity index (χ3n) is 2.84. The molecule has 1 aromatic heterocycles. The van der Waals surface area contributed by atoms with Gasteiger partial charge in [-0.2, -0.15) is 0 Å². The minimum atomic E-state index is 0.364. The Labute approximate surface area is 104 Å². The van der Waals surface area contributed by atoms with Crippen molar-refractivity contribution in [2.24, 2.45) is 0 Å². The molecule has 4 heteroatoms. The van der Waals surface area contributed by atoms with Crippen molar-refractivity contribution in [3.63, 3.8) is 0 Å². The Morgan fingerprint density at radius 3 is 2.88 bits per heavy atom. The molecule has 0 fully saturated rings. The number of pyridine rings is 1. The number of hydrogen-bond acceptors (Lipinski definition) is 4. The van der Waals surface area contributed by atoms with E-state index in [1.54, 1.807) is 7.11 Å². The standard InChI is InChI=1S/C13H23N3O/c1-5-16(11(2)10-17-4)13-6-7-15-9-12(13)8-14-3/h6-7,9,11,14H,5,8,10H2,1-4H3. The maximum atomic E-state index is 5.23. The predicted molar refractivity (Wildman–Crippen MR) is 71.4 cm³/mol. The van der Waals surface area contributed by atoms with E-state index in [-0.39, 0.29) is 0 Å². The van der Waals surface area contributed by atoms with Gasteiger partial charge in [-0.25, -0.2) is 0 Å². The maximum Gasteiger partial charge on any atom is 0.0663 e. The number of likely N-dealkylation sites (N-methyl/N-ethyl adjacent to an activating group) is 1. The van der Waals surface area contributed by atoms with E-state index < -0.39 is 0 Å². The highest BCUT2D eigenvalue weighted by molar-refractivity contribution is 5.53. The van der Waals surface area contributed by atoms with Gasteiger partial charge >= 0.3 is 0 Å². The number of nitrogens with one attached hydrogen (secondary N) is 1. The van der Waals surface area contributed by atoms with Crippen LogP contribution in [-0.2, 0) is 11.3 Å². The third-order valence-corrected chi connectivity index (χ3v) is 2.84. The van der Waals surface area contributed by atoms with Crippen molar-refractivity contribution in [3.8, 4) is 0 Å². The molecule has 0 aliphatic heterocycles. The second-order valence-electron chi connectivity index (χ2n) is 4.13. The number of ether oxygens (including phenoxy) is 1. The van der Waals surface area contributed by atoms with Crippen LogP contribution in [0.15, 0.2) is 18.5 Å². The summed E-state index contributed by atoms with van der Waals surface area (Å²) in [5, 5.41) is 3.18. The zero-order chi connectivity index (χ0) is 12.7. The number of nitrogens with zero attached hydrogens (tertiary/aromatic N) is 2. The lowest BCUT2D eigenvalue weighted by Gasteiger charge is -2.31. The summed E-state index contributed by atoms with van der Waals surface area (Å²) in [6.07, 6.45) is 3.77. The molecule has 1 heterocycles. The largest absolute Gasteiger partial charge is 0.383 e. The van der Waals surface area contributed by atoms with Gasteiger partial charge in [0.05, 0.1) is 6.61 Å². The predicted octanol–water partition coefficient (Wildman–Crippen LogP) is 1.66. The van der Waals surface area contributed by atoms with Crippen LogP contribution in [0.25, 0.3) is 0 Å². The Balaban J connectivity index is 2.93. The second-order valence-corrected chi connectivity index (χ2v) is 4.13. The van der Waals surface area contributed by atoms with Crippen LogP contribution in [0.1, 0.15) is 19.4 Å². The van der Waals surface area contributed by atoms with E-state index in [4.69, 9.17) is 4.74 Å². The molecule has 96 valence electrons. The summed E-state index contributed by atoms with van der Waals surface area (Å²) < 4.78 is 5.23. The second kappa shape index (κ2) is 7.25. The molecule has 0 amide bonds. The van der Waals surface area contributed by atoms with Gasteiger partial charge in [-0.3, -0.25) is 4.98 Å². The van der Waals surface area contributed by atoms with Gasteiger partial charge in [0.1, 0.15) is 0 Å². The van der Waals surface area contributed by atoms with Gasteiger partial charge in [-0.15, -0.1) is 0 Å². The van der Waals surface area contributed by atoms with E-state index in [1.807, 2.05) is 19.4 Å². The van der Waals surface area contributed by atoms with Crippen LogP contribution in [0.3, 0.4) is 0 Å². The molecule has 0 saturated carbocycles. The smallest absolute Gasteiger partial charge is 0.0663 e. The molecule has 1 rings (SSSR count). The first kappa shape index (κ1) is 13.9. The lowest BCUT2D eigenvalue weighted by Crippen LogP contribution is -2.37. The summed E-state index contributed by atoms with van der Waals surface area (Å²) >= 11 is 0. The van der Waals surface area contributed by atoms with Crippen LogP contribution in [-0.4, -0.2) is 38.3 Å². The van der Waals surface area contributed by atoms with Crippen molar-refractivity contribution in [1.82, 2.24) is 10.3 Å². The zero-order valence-corrected chi connectivity index (χ0v) is 11.2. The van der Waals surface area contributed by atoms with Gasteiger partial charge < -0.3 is 15.0 Å². The lowest BCUT2D eigenvalue weighted by atomic mass is 10.1. The Kier molecular flexibility index (Phi) is 5.94. The molecule has 0 spiro atoms. The minimum absolute atomic E-state index is 0.364. The van der Waals surface area contributed by atoms with E-state index in [1.165, 1.54) is 11.3 Å². The fourth-order valence-corrected chi connectivity index (χ4v) is 2.08. The number of hydrogen-bond donors (Lipinski definition) is 1. The molecule has 4 nitrogen and oxygen atoms in total. The average Bonchev–Trinajstić information content (AvgIpc) is 2.33. The molecule has 0 aliphatic rings. The first-order valence-electron chi connectivity index (χ1n) is 6.07. The van der Waals surface area contributed by atoms with Gasteiger partial charge in [0, 0.05) is 49.9 Å². The van der Waals surface area contributed by atoms with Crippen molar-refractivity contribution in [2.75, 3.05) is 32.2 Å². The molecular formula is C13H23N3O. The van der Waals surface area contributed by atoms with Crippen LogP contribution in [0, 0.1) is 0 Å². The van der Waals surface area contributed by atoms with E-state index in [2.05, 4.69) is 35.1 Å². The van der Waals surface area contributed by atoms with Gasteiger partial charge in [-0.05, 0) is 27.0 Å². The summed E-state index contributed by atoms with van der Waals surface area (Å²) in [4.78, 5) is 6.53. The van der Waals surface area contributed by atoms with Crippen molar-refractivity contribution in [2.45, 2.75) is 26.4 Å². The van der Waals surface area contributed by atoms with Crippen LogP contribution < -0.4 is 10.2 Å². The SMILES string of the molecule is CCN(c1ccncc1CNC)C(C)COC. The van der Waals surface area contributed by atoms with E-state index in [0.717, 1.165) is 19.7 Å². The molecule has 1 aromatic rings. The summed E-state index contributed by atoms with van der Waals surface area (Å²) in [6, 6.07) is 2.44. The maximum absolute atomic E-state index is 5.23. The molecule has 0 aromatic carbocycles. The number of anilines is 1. The van der Waals surface area contributed by atoms with E-state index >= 15 is 0 Å². The summed E-state index contributed by atoms with van der Waals surface area (Å²) in [5.74, 6) is 0. The summed E-state index contributed by atoms with van der Waals surface area (Å²) in [7, 11) is 3.69. The Morgan fingerprint density at radius 2 is 2.29 bits per heavy atom. The van der Waals surface area contributed by atoms with Crippen LogP contribution in [0.5, 0.6) is 0 Å². The highest BCUT2D eigenvalue weighted by Gasteiger charge is 2.15. The van der Waals surface area contributed by atoms with Crippen molar-refractivity contribution < 1.29 is 4.74 Å². The molecule has 17 heavy (non-hydrogen) atoms. The molecular weight excluding hydrogens is 214 g/mol. The Morgan fingerprint density at radius 1 is 1.53 bits per heavy atom. The third kappa shape index (κ3) is 3.68. The van der Waals surface area contributed by atoms with Crippen molar-refractivity contribution in [1.29, 1.82) is 0 Å². The first-order chi connectivity index (χ1) is 8.24. The summed E-state index contributed by atoms with van der Waals surface area (Å²) in [5.41, 5.74) is 2.46. The number of aromatic nitrogens is 1. The normalized spacial score (nSPS) is 12.5. The first-order valence-corrected chi connectivity index (χ1v) is 6.07. The fraction of sp³-hybridized carbons (Fsp3) is 0.615. The Hall–Kier alpha value is -1.13. The van der Waals surface area contributed by atoms with Gasteiger partial charge in [0.2, 0.25) is 0 Å². The van der Waals surface area contributed by atoms with E-state index in [9.17, 15) is 0 Å². The minimum Gasteiger partial charge on any atom is -0.383 e. The number of methoxy groups -OCH3 is 1. The quantitative estimate of drug-likeness (QED) is 0.782. The van der Waals surface area contributed by atoms with Crippen molar-refractivity contribution in [3.05, 3.63) is 24.0 Å². The number of rotatable bonds is 7. The van der Waals surface area contributed by atoms with Crippen LogP contribution in [0.2, 0.25) is 0 Å². The van der Waals surface area contributed by atoms with Gasteiger partial charge in [0.25, 0.3) is 0 Å². The Bertz CT molecular complexity index is 330.